The third-order valence-electron chi connectivity index (χ3n) is 2.99. The van der Waals surface area contributed by atoms with Crippen LogP contribution in [0.15, 0.2) is 63.4 Å². The highest BCUT2D eigenvalue weighted by atomic mass is 79.9. The predicted octanol–water partition coefficient (Wildman–Crippen LogP) is 3.35. The van der Waals surface area contributed by atoms with Gasteiger partial charge in [-0.2, -0.15) is 8.42 Å². The fourth-order valence-corrected chi connectivity index (χ4v) is 4.06. The van der Waals surface area contributed by atoms with Crippen LogP contribution in [0.5, 0.6) is 0 Å². The van der Waals surface area contributed by atoms with Gasteiger partial charge in [0.05, 0.1) is 0 Å². The maximum Gasteiger partial charge on any atom is 0.291 e. The first-order valence-corrected chi connectivity index (χ1v) is 10.0. The minimum atomic E-state index is -3.88. The summed E-state index contributed by atoms with van der Waals surface area (Å²) in [6.45, 7) is 0. The lowest BCUT2D eigenvalue weighted by atomic mass is 10.2. The quantitative estimate of drug-likeness (QED) is 0.594. The fourth-order valence-electron chi connectivity index (χ4n) is 1.84. The van der Waals surface area contributed by atoms with Crippen molar-refractivity contribution >= 4 is 54.0 Å². The number of halogens is 1. The van der Waals surface area contributed by atoms with E-state index in [0.29, 0.717) is 11.3 Å². The van der Waals surface area contributed by atoms with Gasteiger partial charge >= 0.3 is 0 Å². The van der Waals surface area contributed by atoms with Crippen molar-refractivity contribution in [3.05, 3.63) is 64.6 Å². The first-order chi connectivity index (χ1) is 11.9. The van der Waals surface area contributed by atoms with Crippen molar-refractivity contribution in [1.82, 2.24) is 10.2 Å². The number of anilines is 2. The molecule has 3 aromatic rings. The summed E-state index contributed by atoms with van der Waals surface area (Å²) in [6.07, 6.45) is 0. The number of carbonyl (C=O) groups excluding carboxylic acids is 1. The van der Waals surface area contributed by atoms with Gasteiger partial charge in [0.15, 0.2) is 0 Å². The summed E-state index contributed by atoms with van der Waals surface area (Å²) in [6, 6.07) is 15.2. The minimum absolute atomic E-state index is 0.102. The van der Waals surface area contributed by atoms with Gasteiger partial charge in [-0.1, -0.05) is 45.5 Å². The van der Waals surface area contributed by atoms with E-state index >= 15 is 0 Å². The van der Waals surface area contributed by atoms with Gasteiger partial charge in [0.2, 0.25) is 5.13 Å². The van der Waals surface area contributed by atoms with E-state index in [-0.39, 0.29) is 15.4 Å². The van der Waals surface area contributed by atoms with Gasteiger partial charge in [-0.3, -0.25) is 14.8 Å². The number of amides is 1. The largest absolute Gasteiger partial charge is 0.296 e. The van der Waals surface area contributed by atoms with Crippen LogP contribution in [0.4, 0.5) is 10.8 Å². The molecule has 0 atom stereocenters. The van der Waals surface area contributed by atoms with Crippen LogP contribution in [0, 0.1) is 0 Å². The Kier molecular flexibility index (Phi) is 5.11. The second-order valence-corrected chi connectivity index (χ2v) is 8.55. The number of hydrogen-bond donors (Lipinski definition) is 2. The van der Waals surface area contributed by atoms with E-state index in [1.807, 2.05) is 0 Å². The first-order valence-electron chi connectivity index (χ1n) is 6.92. The Balaban J connectivity index is 1.74. The summed E-state index contributed by atoms with van der Waals surface area (Å²) in [7, 11) is -3.88. The van der Waals surface area contributed by atoms with Gasteiger partial charge in [0.25, 0.3) is 20.3 Å². The molecule has 25 heavy (non-hydrogen) atoms. The molecule has 1 heterocycles. The molecule has 0 radical (unpaired) electrons. The van der Waals surface area contributed by atoms with E-state index in [0.717, 1.165) is 15.8 Å². The monoisotopic (exact) mass is 438 g/mol. The van der Waals surface area contributed by atoms with Crippen molar-refractivity contribution in [2.24, 2.45) is 0 Å². The molecule has 2 N–H and O–H groups in total. The molecule has 0 spiro atoms. The lowest BCUT2D eigenvalue weighted by molar-refractivity contribution is 0.102. The highest BCUT2D eigenvalue weighted by Crippen LogP contribution is 2.23. The molecule has 0 fully saturated rings. The van der Waals surface area contributed by atoms with E-state index in [2.05, 4.69) is 36.2 Å². The standard InChI is InChI=1S/C15H11BrN4O3S2/c16-11-6-8-12(9-7-11)20-25(22,23)15-19-18-14(24-15)17-13(21)10-4-2-1-3-5-10/h1-9,20H,(H,17,18,21). The van der Waals surface area contributed by atoms with E-state index in [1.54, 1.807) is 54.6 Å². The molecule has 0 aliphatic carbocycles. The van der Waals surface area contributed by atoms with Gasteiger partial charge in [-0.15, -0.1) is 10.2 Å². The summed E-state index contributed by atoms with van der Waals surface area (Å²) in [5.74, 6) is -0.387. The number of rotatable bonds is 5. The molecule has 3 rings (SSSR count). The maximum absolute atomic E-state index is 12.3. The summed E-state index contributed by atoms with van der Waals surface area (Å²) in [4.78, 5) is 12.1. The summed E-state index contributed by atoms with van der Waals surface area (Å²) in [5.41, 5.74) is 0.836. The number of sulfonamides is 1. The van der Waals surface area contributed by atoms with Crippen molar-refractivity contribution < 1.29 is 13.2 Å². The fraction of sp³-hybridized carbons (Fsp3) is 0. The normalized spacial score (nSPS) is 11.1. The Morgan fingerprint density at radius 2 is 1.68 bits per heavy atom. The third-order valence-corrected chi connectivity index (χ3v) is 6.11. The molecule has 0 saturated carbocycles. The van der Waals surface area contributed by atoms with E-state index < -0.39 is 10.0 Å². The average Bonchev–Trinajstić information content (AvgIpc) is 3.07. The van der Waals surface area contributed by atoms with Gasteiger partial charge in [-0.05, 0) is 36.4 Å². The molecule has 128 valence electrons. The van der Waals surface area contributed by atoms with Crippen LogP contribution in [0.25, 0.3) is 0 Å². The second kappa shape index (κ2) is 7.30. The zero-order valence-corrected chi connectivity index (χ0v) is 15.7. The number of benzene rings is 2. The van der Waals surface area contributed by atoms with Gasteiger partial charge in [0, 0.05) is 15.7 Å². The summed E-state index contributed by atoms with van der Waals surface area (Å²) < 4.78 is 27.7. The Morgan fingerprint density at radius 3 is 2.36 bits per heavy atom. The van der Waals surface area contributed by atoms with Crippen LogP contribution in [-0.4, -0.2) is 24.5 Å². The van der Waals surface area contributed by atoms with Crippen LogP contribution in [0.2, 0.25) is 0 Å². The molecular formula is C15H11BrN4O3S2. The van der Waals surface area contributed by atoms with Crippen molar-refractivity contribution in [2.75, 3.05) is 10.0 Å². The van der Waals surface area contributed by atoms with Crippen molar-refractivity contribution in [1.29, 1.82) is 0 Å². The lowest BCUT2D eigenvalue weighted by Crippen LogP contribution is -2.12. The van der Waals surface area contributed by atoms with Crippen LogP contribution in [-0.2, 0) is 10.0 Å². The minimum Gasteiger partial charge on any atom is -0.296 e. The number of nitrogens with zero attached hydrogens (tertiary/aromatic N) is 2. The Morgan fingerprint density at radius 1 is 1.00 bits per heavy atom. The number of nitrogens with one attached hydrogen (secondary N) is 2. The number of carbonyl (C=O) groups is 1. The van der Waals surface area contributed by atoms with Crippen LogP contribution >= 0.6 is 27.3 Å². The molecule has 0 aliphatic rings. The molecule has 0 aliphatic heterocycles. The zero-order chi connectivity index (χ0) is 17.9. The van der Waals surface area contributed by atoms with Crippen molar-refractivity contribution in [3.8, 4) is 0 Å². The molecule has 10 heteroatoms. The highest BCUT2D eigenvalue weighted by molar-refractivity contribution is 9.10. The van der Waals surface area contributed by atoms with Crippen molar-refractivity contribution in [2.45, 2.75) is 4.34 Å². The smallest absolute Gasteiger partial charge is 0.291 e. The van der Waals surface area contributed by atoms with Gasteiger partial charge in [-0.25, -0.2) is 0 Å². The average molecular weight is 439 g/mol. The lowest BCUT2D eigenvalue weighted by Gasteiger charge is -2.04. The SMILES string of the molecule is O=C(Nc1nnc(S(=O)(=O)Nc2ccc(Br)cc2)s1)c1ccccc1. The van der Waals surface area contributed by atoms with E-state index in [4.69, 9.17) is 0 Å². The van der Waals surface area contributed by atoms with Crippen molar-refractivity contribution in [3.63, 3.8) is 0 Å². The molecule has 2 aromatic carbocycles. The Labute approximate surface area is 156 Å². The molecule has 0 unspecified atom stereocenters. The van der Waals surface area contributed by atoms with Crippen LogP contribution < -0.4 is 10.0 Å². The molecule has 0 bridgehead atoms. The van der Waals surface area contributed by atoms with Crippen LogP contribution in [0.1, 0.15) is 10.4 Å². The van der Waals surface area contributed by atoms with E-state index in [1.165, 1.54) is 0 Å². The number of hydrogen-bond acceptors (Lipinski definition) is 6. The molecule has 1 amide bonds. The molecular weight excluding hydrogens is 428 g/mol. The molecule has 0 saturated heterocycles. The summed E-state index contributed by atoms with van der Waals surface area (Å²) in [5, 5.41) is 9.99. The van der Waals surface area contributed by atoms with Gasteiger partial charge < -0.3 is 0 Å². The topological polar surface area (TPSA) is 101 Å². The summed E-state index contributed by atoms with van der Waals surface area (Å²) >= 11 is 4.05. The van der Waals surface area contributed by atoms with Gasteiger partial charge in [0.1, 0.15) is 0 Å². The maximum atomic E-state index is 12.3. The second-order valence-electron chi connectivity index (χ2n) is 4.81. The first kappa shape index (κ1) is 17.5. The Bertz CT molecular complexity index is 989. The highest BCUT2D eigenvalue weighted by Gasteiger charge is 2.21. The van der Waals surface area contributed by atoms with E-state index in [9.17, 15) is 13.2 Å². The molecule has 1 aromatic heterocycles. The Hall–Kier alpha value is -2.30. The van der Waals surface area contributed by atoms with Crippen LogP contribution in [0.3, 0.4) is 0 Å². The zero-order valence-electron chi connectivity index (χ0n) is 12.5. The predicted molar refractivity (Wildman–Crippen MR) is 99.3 cm³/mol. The third kappa shape index (κ3) is 4.41. The number of aromatic nitrogens is 2. The molecule has 7 nitrogen and oxygen atoms in total.